The number of methoxy groups -OCH3 is 1. The van der Waals surface area contributed by atoms with Gasteiger partial charge >= 0.3 is 5.97 Å². The van der Waals surface area contributed by atoms with E-state index in [4.69, 9.17) is 5.11 Å². The molecule has 0 aromatic rings. The first-order chi connectivity index (χ1) is 9.15. The van der Waals surface area contributed by atoms with Crippen LogP contribution in [0.3, 0.4) is 0 Å². The third-order valence-electron chi connectivity index (χ3n) is 3.34. The van der Waals surface area contributed by atoms with Gasteiger partial charge in [-0.3, -0.25) is 14.5 Å². The van der Waals surface area contributed by atoms with Crippen molar-refractivity contribution in [1.82, 2.24) is 10.2 Å². The smallest absolute Gasteiger partial charge is 0.305 e. The van der Waals surface area contributed by atoms with E-state index in [0.29, 0.717) is 31.8 Å². The zero-order valence-corrected chi connectivity index (χ0v) is 11.6. The van der Waals surface area contributed by atoms with Crippen LogP contribution in [0.2, 0.25) is 0 Å². The molecule has 1 heterocycles. The summed E-state index contributed by atoms with van der Waals surface area (Å²) >= 11 is 0. The van der Waals surface area contributed by atoms with Gasteiger partial charge in [0.25, 0.3) is 0 Å². The Labute approximate surface area is 114 Å². The first-order valence-electron chi connectivity index (χ1n) is 6.82. The minimum absolute atomic E-state index is 0.0246. The molecular formula is C13H24N2O4. The number of carbonyl (C=O) groups is 2. The van der Waals surface area contributed by atoms with E-state index in [0.717, 1.165) is 25.9 Å². The van der Waals surface area contributed by atoms with E-state index in [1.807, 2.05) is 0 Å². The number of amides is 1. The lowest BCUT2D eigenvalue weighted by molar-refractivity contribution is -0.140. The number of carbonyl (C=O) groups excluding carboxylic acids is 2. The fraction of sp³-hybridized carbons (Fsp3) is 0.846. The van der Waals surface area contributed by atoms with E-state index in [1.165, 1.54) is 7.11 Å². The van der Waals surface area contributed by atoms with Crippen molar-refractivity contribution in [2.45, 2.75) is 25.7 Å². The van der Waals surface area contributed by atoms with Crippen molar-refractivity contribution in [1.29, 1.82) is 0 Å². The topological polar surface area (TPSA) is 78.9 Å². The lowest BCUT2D eigenvalue weighted by Crippen LogP contribution is -2.43. The molecule has 0 aromatic heterocycles. The van der Waals surface area contributed by atoms with Gasteiger partial charge in [0.15, 0.2) is 0 Å². The Morgan fingerprint density at radius 3 is 2.95 bits per heavy atom. The van der Waals surface area contributed by atoms with Crippen LogP contribution in [-0.4, -0.2) is 61.8 Å². The lowest BCUT2D eigenvalue weighted by atomic mass is 9.99. The van der Waals surface area contributed by atoms with Gasteiger partial charge in [-0.05, 0) is 31.7 Å². The van der Waals surface area contributed by atoms with E-state index in [1.54, 1.807) is 0 Å². The number of hydrogen-bond acceptors (Lipinski definition) is 5. The molecule has 1 atom stereocenters. The van der Waals surface area contributed by atoms with Crippen LogP contribution in [-0.2, 0) is 14.3 Å². The van der Waals surface area contributed by atoms with Gasteiger partial charge in [-0.25, -0.2) is 0 Å². The first kappa shape index (κ1) is 15.9. The molecule has 2 N–H and O–H groups in total. The van der Waals surface area contributed by atoms with Gasteiger partial charge in [0.2, 0.25) is 5.91 Å². The Bertz CT molecular complexity index is 296. The zero-order valence-electron chi connectivity index (χ0n) is 11.6. The van der Waals surface area contributed by atoms with Crippen molar-refractivity contribution in [3.8, 4) is 0 Å². The van der Waals surface area contributed by atoms with Crippen LogP contribution in [0.4, 0.5) is 0 Å². The molecule has 0 saturated carbocycles. The van der Waals surface area contributed by atoms with Crippen LogP contribution >= 0.6 is 0 Å². The molecule has 1 saturated heterocycles. The second kappa shape index (κ2) is 8.87. The molecular weight excluding hydrogens is 248 g/mol. The number of nitrogens with one attached hydrogen (secondary N) is 1. The molecule has 19 heavy (non-hydrogen) atoms. The standard InChI is InChI=1S/C13H24N2O4/c1-19-13(18)5-2-6-14-12(17)9-15-7-3-4-11(8-15)10-16/h11,16H,2-10H2,1H3,(H,14,17). The zero-order chi connectivity index (χ0) is 14.1. The van der Waals surface area contributed by atoms with Gasteiger partial charge in [-0.15, -0.1) is 0 Å². The summed E-state index contributed by atoms with van der Waals surface area (Å²) in [5.41, 5.74) is 0. The summed E-state index contributed by atoms with van der Waals surface area (Å²) in [7, 11) is 1.36. The third kappa shape index (κ3) is 6.54. The molecule has 1 unspecified atom stereocenters. The number of ether oxygens (including phenoxy) is 1. The highest BCUT2D eigenvalue weighted by atomic mass is 16.5. The Balaban J connectivity index is 2.11. The molecule has 110 valence electrons. The van der Waals surface area contributed by atoms with Gasteiger partial charge in [0.05, 0.1) is 13.7 Å². The van der Waals surface area contributed by atoms with Crippen LogP contribution in [0.5, 0.6) is 0 Å². The van der Waals surface area contributed by atoms with E-state index < -0.39 is 0 Å². The quantitative estimate of drug-likeness (QED) is 0.494. The van der Waals surface area contributed by atoms with E-state index >= 15 is 0 Å². The number of aliphatic hydroxyl groups is 1. The van der Waals surface area contributed by atoms with Gasteiger partial charge in [-0.1, -0.05) is 0 Å². The minimum atomic E-state index is -0.254. The van der Waals surface area contributed by atoms with Crippen LogP contribution in [0.15, 0.2) is 0 Å². The number of rotatable bonds is 7. The number of nitrogens with zero attached hydrogens (tertiary/aromatic N) is 1. The summed E-state index contributed by atoms with van der Waals surface area (Å²) in [5.74, 6) is 0.0143. The highest BCUT2D eigenvalue weighted by Gasteiger charge is 2.20. The number of hydrogen-bond donors (Lipinski definition) is 2. The number of piperidine rings is 1. The fourth-order valence-electron chi connectivity index (χ4n) is 2.27. The molecule has 1 rings (SSSR count). The van der Waals surface area contributed by atoms with Crippen molar-refractivity contribution in [2.75, 3.05) is 39.9 Å². The van der Waals surface area contributed by atoms with Crippen LogP contribution in [0, 0.1) is 5.92 Å². The SMILES string of the molecule is COC(=O)CCCNC(=O)CN1CCCC(CO)C1. The van der Waals surface area contributed by atoms with E-state index in [9.17, 15) is 9.59 Å². The molecule has 0 radical (unpaired) electrons. The average Bonchev–Trinajstić information content (AvgIpc) is 2.43. The number of likely N-dealkylation sites (tertiary alicyclic amines) is 1. The molecule has 0 aromatic carbocycles. The van der Waals surface area contributed by atoms with Crippen LogP contribution in [0.25, 0.3) is 0 Å². The van der Waals surface area contributed by atoms with Gasteiger partial charge < -0.3 is 15.2 Å². The molecule has 6 nitrogen and oxygen atoms in total. The van der Waals surface area contributed by atoms with Crippen molar-refractivity contribution in [3.63, 3.8) is 0 Å². The first-order valence-corrected chi connectivity index (χ1v) is 6.82. The largest absolute Gasteiger partial charge is 0.469 e. The maximum Gasteiger partial charge on any atom is 0.305 e. The van der Waals surface area contributed by atoms with E-state index in [-0.39, 0.29) is 18.5 Å². The summed E-state index contributed by atoms with van der Waals surface area (Å²) in [4.78, 5) is 24.6. The molecule has 1 amide bonds. The van der Waals surface area contributed by atoms with Crippen LogP contribution in [0.1, 0.15) is 25.7 Å². The molecule has 0 bridgehead atoms. The van der Waals surface area contributed by atoms with Gasteiger partial charge in [0.1, 0.15) is 0 Å². The second-order valence-corrected chi connectivity index (χ2v) is 4.96. The highest BCUT2D eigenvalue weighted by Crippen LogP contribution is 2.14. The number of aliphatic hydroxyl groups excluding tert-OH is 1. The average molecular weight is 272 g/mol. The maximum absolute atomic E-state index is 11.7. The molecule has 1 aliphatic rings. The molecule has 1 fully saturated rings. The Kier molecular flexibility index (Phi) is 7.43. The summed E-state index contributed by atoms with van der Waals surface area (Å²) < 4.78 is 4.52. The fourth-order valence-corrected chi connectivity index (χ4v) is 2.27. The summed E-state index contributed by atoms with van der Waals surface area (Å²) in [5, 5.41) is 11.9. The highest BCUT2D eigenvalue weighted by molar-refractivity contribution is 5.78. The monoisotopic (exact) mass is 272 g/mol. The van der Waals surface area contributed by atoms with E-state index in [2.05, 4.69) is 15.0 Å². The Morgan fingerprint density at radius 1 is 1.47 bits per heavy atom. The Hall–Kier alpha value is -1.14. The summed E-state index contributed by atoms with van der Waals surface area (Å²) in [6, 6.07) is 0. The van der Waals surface area contributed by atoms with Crippen molar-refractivity contribution >= 4 is 11.9 Å². The van der Waals surface area contributed by atoms with Crippen LogP contribution < -0.4 is 5.32 Å². The van der Waals surface area contributed by atoms with Gasteiger partial charge in [-0.2, -0.15) is 0 Å². The predicted molar refractivity (Wildman–Crippen MR) is 70.5 cm³/mol. The number of esters is 1. The Morgan fingerprint density at radius 2 is 2.26 bits per heavy atom. The van der Waals surface area contributed by atoms with Crippen molar-refractivity contribution in [2.24, 2.45) is 5.92 Å². The van der Waals surface area contributed by atoms with Crippen molar-refractivity contribution < 1.29 is 19.4 Å². The molecule has 1 aliphatic heterocycles. The minimum Gasteiger partial charge on any atom is -0.469 e. The normalized spacial score (nSPS) is 20.0. The molecule has 0 aliphatic carbocycles. The molecule has 0 spiro atoms. The lowest BCUT2D eigenvalue weighted by Gasteiger charge is -2.31. The third-order valence-corrected chi connectivity index (χ3v) is 3.34. The molecule has 6 heteroatoms. The summed E-state index contributed by atoms with van der Waals surface area (Å²) in [6.07, 6.45) is 2.99. The summed E-state index contributed by atoms with van der Waals surface area (Å²) in [6.45, 7) is 2.75. The van der Waals surface area contributed by atoms with Gasteiger partial charge in [0, 0.05) is 26.1 Å². The maximum atomic E-state index is 11.7. The van der Waals surface area contributed by atoms with Crippen molar-refractivity contribution in [3.05, 3.63) is 0 Å². The second-order valence-electron chi connectivity index (χ2n) is 4.96. The predicted octanol–water partition coefficient (Wildman–Crippen LogP) is -0.240.